The molecule has 0 saturated carbocycles. The molecule has 9 nitrogen and oxygen atoms in total. The van der Waals surface area contributed by atoms with Crippen molar-refractivity contribution in [1.29, 1.82) is 0 Å². The summed E-state index contributed by atoms with van der Waals surface area (Å²) >= 11 is 0. The number of methoxy groups -OCH3 is 1. The van der Waals surface area contributed by atoms with Crippen LogP contribution in [0.25, 0.3) is 0 Å². The van der Waals surface area contributed by atoms with Gasteiger partial charge in [-0.3, -0.25) is 14.6 Å². The predicted molar refractivity (Wildman–Crippen MR) is 130 cm³/mol. The van der Waals surface area contributed by atoms with Gasteiger partial charge in [-0.25, -0.2) is 4.98 Å². The first-order valence-electron chi connectivity index (χ1n) is 11.5. The second-order valence-corrected chi connectivity index (χ2v) is 8.33. The summed E-state index contributed by atoms with van der Waals surface area (Å²) in [5, 5.41) is 12.1. The Morgan fingerprint density at radius 2 is 2.03 bits per heavy atom. The number of carbonyl (C=O) groups excluding carboxylic acids is 1. The molecule has 0 unspecified atom stereocenters. The number of rotatable bonds is 11. The molecule has 2 N–H and O–H groups in total. The number of aromatic nitrogens is 2. The van der Waals surface area contributed by atoms with Crippen LogP contribution < -0.4 is 10.1 Å². The Hall–Kier alpha value is -3.98. The van der Waals surface area contributed by atoms with Gasteiger partial charge in [-0.2, -0.15) is 0 Å². The molecule has 1 amide bonds. The average Bonchev–Trinajstić information content (AvgIpc) is 3.26. The number of carboxylic acid groups (broad SMARTS) is 1. The number of hydrogen-bond acceptors (Lipinski definition) is 7. The van der Waals surface area contributed by atoms with Crippen molar-refractivity contribution in [2.75, 3.05) is 19.0 Å². The Kier molecular flexibility index (Phi) is 7.89. The molecule has 0 atom stereocenters. The number of anilines is 2. The second-order valence-electron chi connectivity index (χ2n) is 8.33. The normalized spacial score (nSPS) is 13.2. The number of benzene rings is 1. The van der Waals surface area contributed by atoms with Crippen molar-refractivity contribution in [1.82, 2.24) is 14.9 Å². The van der Waals surface area contributed by atoms with Crippen molar-refractivity contribution in [2.45, 2.75) is 38.8 Å². The van der Waals surface area contributed by atoms with Gasteiger partial charge in [0.25, 0.3) is 0 Å². The predicted octanol–water partition coefficient (Wildman–Crippen LogP) is 4.30. The van der Waals surface area contributed by atoms with Crippen LogP contribution in [0.3, 0.4) is 0 Å². The Morgan fingerprint density at radius 1 is 1.14 bits per heavy atom. The quantitative estimate of drug-likeness (QED) is 0.421. The third-order valence-corrected chi connectivity index (χ3v) is 5.64. The van der Waals surface area contributed by atoms with Crippen molar-refractivity contribution in [2.24, 2.45) is 0 Å². The van der Waals surface area contributed by atoms with E-state index < -0.39 is 5.97 Å². The molecule has 1 saturated heterocycles. The van der Waals surface area contributed by atoms with Gasteiger partial charge in [0.2, 0.25) is 5.91 Å². The number of aryl methyl sites for hydroxylation is 1. The van der Waals surface area contributed by atoms with E-state index in [2.05, 4.69) is 15.3 Å². The molecule has 1 aliphatic heterocycles. The Bertz CT molecular complexity index is 1170. The van der Waals surface area contributed by atoms with E-state index in [9.17, 15) is 9.59 Å². The van der Waals surface area contributed by atoms with Crippen LogP contribution >= 0.6 is 0 Å². The zero-order valence-corrected chi connectivity index (χ0v) is 19.6. The van der Waals surface area contributed by atoms with Gasteiger partial charge in [0.1, 0.15) is 17.3 Å². The molecular formula is C26H28N4O5. The number of ether oxygens (including phenoxy) is 2. The Balaban J connectivity index is 1.52. The molecule has 0 spiro atoms. The molecule has 3 aromatic rings. The lowest BCUT2D eigenvalue weighted by Gasteiger charge is -2.19. The molecule has 1 fully saturated rings. The van der Waals surface area contributed by atoms with Gasteiger partial charge in [0, 0.05) is 50.5 Å². The minimum Gasteiger partial charge on any atom is -0.481 e. The summed E-state index contributed by atoms with van der Waals surface area (Å²) in [5.74, 6) is 1.18. The van der Waals surface area contributed by atoms with Crippen LogP contribution in [0.2, 0.25) is 0 Å². The molecule has 35 heavy (non-hydrogen) atoms. The Labute approximate surface area is 203 Å². The molecule has 1 aromatic carbocycles. The van der Waals surface area contributed by atoms with Gasteiger partial charge >= 0.3 is 5.97 Å². The van der Waals surface area contributed by atoms with Gasteiger partial charge in [-0.15, -0.1) is 0 Å². The maximum atomic E-state index is 12.3. The van der Waals surface area contributed by atoms with Crippen LogP contribution in [-0.2, 0) is 33.9 Å². The fourth-order valence-electron chi connectivity index (χ4n) is 3.83. The lowest BCUT2D eigenvalue weighted by molar-refractivity contribution is -0.137. The average molecular weight is 477 g/mol. The molecule has 4 rings (SSSR count). The zero-order chi connectivity index (χ0) is 24.6. The topological polar surface area (TPSA) is 114 Å². The maximum absolute atomic E-state index is 12.3. The number of carboxylic acids is 1. The van der Waals surface area contributed by atoms with E-state index in [4.69, 9.17) is 14.6 Å². The van der Waals surface area contributed by atoms with Crippen molar-refractivity contribution in [3.05, 3.63) is 71.7 Å². The van der Waals surface area contributed by atoms with Gasteiger partial charge in [-0.05, 0) is 54.8 Å². The lowest BCUT2D eigenvalue weighted by Crippen LogP contribution is -2.24. The van der Waals surface area contributed by atoms with Crippen LogP contribution in [0, 0.1) is 0 Å². The molecular weight excluding hydrogens is 448 g/mol. The van der Waals surface area contributed by atoms with E-state index in [1.807, 2.05) is 47.4 Å². The smallest absolute Gasteiger partial charge is 0.303 e. The maximum Gasteiger partial charge on any atom is 0.303 e. The molecule has 0 aliphatic carbocycles. The van der Waals surface area contributed by atoms with Crippen molar-refractivity contribution in [3.63, 3.8) is 0 Å². The minimum atomic E-state index is -0.833. The number of carbonyl (C=O) groups is 2. The highest BCUT2D eigenvalue weighted by molar-refractivity contribution is 5.78. The summed E-state index contributed by atoms with van der Waals surface area (Å²) in [4.78, 5) is 33.6. The zero-order valence-electron chi connectivity index (χ0n) is 19.6. The molecule has 0 bridgehead atoms. The third kappa shape index (κ3) is 6.77. The van der Waals surface area contributed by atoms with E-state index >= 15 is 0 Å². The number of aliphatic carboxylic acids is 1. The molecule has 9 heteroatoms. The van der Waals surface area contributed by atoms with Crippen LogP contribution in [0.1, 0.15) is 36.1 Å². The highest BCUT2D eigenvalue weighted by Crippen LogP contribution is 2.31. The van der Waals surface area contributed by atoms with Crippen molar-refractivity contribution < 1.29 is 24.2 Å². The summed E-state index contributed by atoms with van der Waals surface area (Å²) in [6.07, 6.45) is 5.25. The highest BCUT2D eigenvalue weighted by atomic mass is 16.5. The second kappa shape index (κ2) is 11.4. The molecule has 1 aliphatic rings. The standard InChI is InChI=1S/C26H28N4O5/c1-34-17-21-6-8-22(15-27-21)35-23-9-7-20(13-19(23)16-30-12-2-3-25(30)31)29-24-10-4-18(14-28-24)5-11-26(32)33/h4,6-10,13-15H,2-3,5,11-12,16-17H2,1H3,(H,28,29)(H,32,33). The van der Waals surface area contributed by atoms with E-state index in [-0.39, 0.29) is 12.3 Å². The fraction of sp³-hybridized carbons (Fsp3) is 0.308. The first-order chi connectivity index (χ1) is 17.0. The number of nitrogens with zero attached hydrogens (tertiary/aromatic N) is 3. The van der Waals surface area contributed by atoms with Gasteiger partial charge in [-0.1, -0.05) is 6.07 Å². The molecule has 182 valence electrons. The van der Waals surface area contributed by atoms with Crippen LogP contribution in [0.4, 0.5) is 11.5 Å². The number of hydrogen-bond donors (Lipinski definition) is 2. The van der Waals surface area contributed by atoms with E-state index in [1.165, 1.54) is 0 Å². The summed E-state index contributed by atoms with van der Waals surface area (Å²) in [6.45, 7) is 1.60. The van der Waals surface area contributed by atoms with Crippen LogP contribution in [0.5, 0.6) is 11.5 Å². The number of nitrogens with one attached hydrogen (secondary N) is 1. The number of amides is 1. The number of pyridine rings is 2. The third-order valence-electron chi connectivity index (χ3n) is 5.64. The first kappa shape index (κ1) is 24.2. The Morgan fingerprint density at radius 3 is 2.69 bits per heavy atom. The van der Waals surface area contributed by atoms with Crippen molar-refractivity contribution >= 4 is 23.4 Å². The molecule has 3 heterocycles. The highest BCUT2D eigenvalue weighted by Gasteiger charge is 2.22. The van der Waals surface area contributed by atoms with Crippen LogP contribution in [-0.4, -0.2) is 45.5 Å². The van der Waals surface area contributed by atoms with Gasteiger partial charge in [0.15, 0.2) is 0 Å². The van der Waals surface area contributed by atoms with Gasteiger partial charge in [0.05, 0.1) is 18.5 Å². The largest absolute Gasteiger partial charge is 0.481 e. The summed E-state index contributed by atoms with van der Waals surface area (Å²) in [5.41, 5.74) is 3.34. The number of likely N-dealkylation sites (tertiary alicyclic amines) is 1. The van der Waals surface area contributed by atoms with Crippen molar-refractivity contribution in [3.8, 4) is 11.5 Å². The minimum absolute atomic E-state index is 0.0686. The SMILES string of the molecule is COCc1ccc(Oc2ccc(Nc3ccc(CCC(=O)O)cn3)cc2CN2CCCC2=O)cn1. The van der Waals surface area contributed by atoms with E-state index in [0.29, 0.717) is 43.3 Å². The van der Waals surface area contributed by atoms with E-state index in [1.54, 1.807) is 19.5 Å². The fourth-order valence-corrected chi connectivity index (χ4v) is 3.83. The van der Waals surface area contributed by atoms with Gasteiger partial charge < -0.3 is 24.8 Å². The summed E-state index contributed by atoms with van der Waals surface area (Å²) < 4.78 is 11.2. The van der Waals surface area contributed by atoms with E-state index in [0.717, 1.165) is 35.5 Å². The summed E-state index contributed by atoms with van der Waals surface area (Å²) in [6, 6.07) is 13.1. The molecule has 0 radical (unpaired) electrons. The first-order valence-corrected chi connectivity index (χ1v) is 11.5. The lowest BCUT2D eigenvalue weighted by atomic mass is 10.1. The van der Waals surface area contributed by atoms with Crippen LogP contribution in [0.15, 0.2) is 54.9 Å². The monoisotopic (exact) mass is 476 g/mol. The molecule has 2 aromatic heterocycles. The summed E-state index contributed by atoms with van der Waals surface area (Å²) in [7, 11) is 1.62.